The molecule has 0 saturated heterocycles. The number of aliphatic hydroxyl groups is 1. The maximum Gasteiger partial charge on any atom is 0.408 e. The summed E-state index contributed by atoms with van der Waals surface area (Å²) in [6.45, 7) is -0.604. The van der Waals surface area contributed by atoms with Crippen LogP contribution in [0.4, 0.5) is 30.5 Å². The predicted octanol–water partition coefficient (Wildman–Crippen LogP) is 3.23. The number of nitrogens with zero attached hydrogens (tertiary/aromatic N) is 6. The first-order valence-corrected chi connectivity index (χ1v) is 9.78. The highest BCUT2D eigenvalue weighted by atomic mass is 79.9. The fourth-order valence-electron chi connectivity index (χ4n) is 2.91. The van der Waals surface area contributed by atoms with E-state index in [9.17, 15) is 18.3 Å². The van der Waals surface area contributed by atoms with Gasteiger partial charge in [0, 0.05) is 39.2 Å². The lowest BCUT2D eigenvalue weighted by molar-refractivity contribution is -0.151. The minimum atomic E-state index is -4.53. The first-order chi connectivity index (χ1) is 14.6. The number of aromatic hydroxyl groups is 1. The fourth-order valence-corrected chi connectivity index (χ4v) is 3.41. The highest BCUT2D eigenvalue weighted by Crippen LogP contribution is 2.35. The Hall–Kier alpha value is -2.93. The Morgan fingerprint density at radius 3 is 2.61 bits per heavy atom. The zero-order valence-electron chi connectivity index (χ0n) is 16.5. The topological polar surface area (TPSA) is 112 Å². The summed E-state index contributed by atoms with van der Waals surface area (Å²) in [4.78, 5) is 13.6. The average molecular weight is 502 g/mol. The van der Waals surface area contributed by atoms with Crippen LogP contribution < -0.4 is 10.2 Å². The molecular formula is C18H19BrF3N7O2. The highest BCUT2D eigenvalue weighted by Gasteiger charge is 2.42. The fraction of sp³-hybridized carbons (Fsp3) is 0.333. The van der Waals surface area contributed by atoms with Gasteiger partial charge < -0.3 is 20.4 Å². The van der Waals surface area contributed by atoms with Crippen molar-refractivity contribution in [2.45, 2.75) is 18.6 Å². The van der Waals surface area contributed by atoms with Crippen LogP contribution in [0, 0.1) is 0 Å². The molecule has 0 saturated carbocycles. The van der Waals surface area contributed by atoms with Crippen molar-refractivity contribution in [3.63, 3.8) is 0 Å². The van der Waals surface area contributed by atoms with E-state index in [0.29, 0.717) is 15.9 Å². The summed E-state index contributed by atoms with van der Waals surface area (Å²) in [6, 6.07) is 1.11. The van der Waals surface area contributed by atoms with E-state index in [1.807, 2.05) is 0 Å². The molecule has 0 aliphatic heterocycles. The first-order valence-electron chi connectivity index (χ1n) is 8.99. The molecule has 1 atom stereocenters. The number of anilines is 3. The molecule has 31 heavy (non-hydrogen) atoms. The van der Waals surface area contributed by atoms with Crippen LogP contribution in [0.3, 0.4) is 0 Å². The lowest BCUT2D eigenvalue weighted by Crippen LogP contribution is -2.44. The lowest BCUT2D eigenvalue weighted by Gasteiger charge is -2.32. The van der Waals surface area contributed by atoms with Gasteiger partial charge in [-0.05, 0) is 28.4 Å². The molecule has 9 nitrogen and oxygen atoms in total. The molecule has 0 aliphatic carbocycles. The summed E-state index contributed by atoms with van der Waals surface area (Å²) in [5.74, 6) is 0.671. The molecule has 1 unspecified atom stereocenters. The van der Waals surface area contributed by atoms with Crippen molar-refractivity contribution in [3.05, 3.63) is 35.2 Å². The van der Waals surface area contributed by atoms with Crippen LogP contribution >= 0.6 is 15.9 Å². The minimum absolute atomic E-state index is 0.107. The normalized spacial score (nSPS) is 12.6. The Morgan fingerprint density at radius 1 is 1.26 bits per heavy atom. The number of hydrogen-bond acceptors (Lipinski definition) is 8. The Morgan fingerprint density at radius 2 is 2.00 bits per heavy atom. The predicted molar refractivity (Wildman–Crippen MR) is 111 cm³/mol. The second kappa shape index (κ2) is 9.06. The Bertz CT molecular complexity index is 1060. The van der Waals surface area contributed by atoms with Crippen molar-refractivity contribution < 1.29 is 23.4 Å². The Labute approximate surface area is 183 Å². The first kappa shape index (κ1) is 22.7. The van der Waals surface area contributed by atoms with Crippen molar-refractivity contribution in [1.29, 1.82) is 0 Å². The van der Waals surface area contributed by atoms with E-state index in [4.69, 9.17) is 5.11 Å². The van der Waals surface area contributed by atoms with Crippen molar-refractivity contribution >= 4 is 33.3 Å². The van der Waals surface area contributed by atoms with Gasteiger partial charge in [-0.15, -0.1) is 0 Å². The van der Waals surface area contributed by atoms with E-state index in [1.54, 1.807) is 13.1 Å². The number of rotatable bonds is 7. The molecule has 0 spiro atoms. The molecule has 0 radical (unpaired) electrons. The van der Waals surface area contributed by atoms with E-state index in [1.165, 1.54) is 36.4 Å². The van der Waals surface area contributed by atoms with Crippen molar-refractivity contribution in [2.75, 3.05) is 23.9 Å². The van der Waals surface area contributed by atoms with Crippen molar-refractivity contribution in [2.24, 2.45) is 7.05 Å². The van der Waals surface area contributed by atoms with Gasteiger partial charge in [-0.1, -0.05) is 0 Å². The van der Waals surface area contributed by atoms with Crippen LogP contribution in [-0.2, 0) is 7.05 Å². The van der Waals surface area contributed by atoms with Crippen LogP contribution in [0.15, 0.2) is 35.2 Å². The molecule has 0 fully saturated rings. The van der Waals surface area contributed by atoms with Gasteiger partial charge in [-0.2, -0.15) is 18.3 Å². The molecule has 3 aromatic heterocycles. The third-order valence-electron chi connectivity index (χ3n) is 4.52. The number of alkyl halides is 3. The zero-order chi connectivity index (χ0) is 22.8. The molecule has 166 valence electrons. The van der Waals surface area contributed by atoms with Gasteiger partial charge in [-0.25, -0.2) is 19.6 Å². The van der Waals surface area contributed by atoms with Gasteiger partial charge in [-0.3, -0.25) is 0 Å². The summed E-state index contributed by atoms with van der Waals surface area (Å²) < 4.78 is 41.9. The van der Waals surface area contributed by atoms with Crippen LogP contribution in [0.5, 0.6) is 5.88 Å². The minimum Gasteiger partial charge on any atom is -0.493 e. The van der Waals surface area contributed by atoms with Gasteiger partial charge in [0.25, 0.3) is 0 Å². The second-order valence-electron chi connectivity index (χ2n) is 6.60. The molecule has 0 bridgehead atoms. The summed E-state index contributed by atoms with van der Waals surface area (Å²) in [6.07, 6.45) is -0.750. The number of hydrogen-bond donors (Lipinski definition) is 3. The van der Waals surface area contributed by atoms with Gasteiger partial charge in [0.1, 0.15) is 23.2 Å². The van der Waals surface area contributed by atoms with E-state index < -0.39 is 25.2 Å². The average Bonchev–Trinajstić information content (AvgIpc) is 3.05. The van der Waals surface area contributed by atoms with Gasteiger partial charge in [0.2, 0.25) is 5.88 Å². The smallest absolute Gasteiger partial charge is 0.408 e. The van der Waals surface area contributed by atoms with Crippen molar-refractivity contribution in [3.8, 4) is 17.3 Å². The quantitative estimate of drug-likeness (QED) is 0.452. The number of aromatic nitrogens is 5. The van der Waals surface area contributed by atoms with Crippen LogP contribution in [0.25, 0.3) is 11.4 Å². The molecule has 3 aromatic rings. The monoisotopic (exact) mass is 501 g/mol. The van der Waals surface area contributed by atoms with Crippen LogP contribution in [0.1, 0.15) is 6.42 Å². The number of aryl methyl sites for hydroxylation is 1. The Balaban J connectivity index is 1.89. The van der Waals surface area contributed by atoms with E-state index in [2.05, 4.69) is 41.3 Å². The molecule has 3 heterocycles. The summed E-state index contributed by atoms with van der Waals surface area (Å²) in [7, 11) is 2.86. The molecule has 0 aliphatic rings. The van der Waals surface area contributed by atoms with Crippen LogP contribution in [0.2, 0.25) is 0 Å². The van der Waals surface area contributed by atoms with E-state index in [-0.39, 0.29) is 23.2 Å². The third kappa shape index (κ3) is 5.05. The number of nitrogens with one attached hydrogen (secondary N) is 1. The maximum atomic E-state index is 13.4. The zero-order valence-corrected chi connectivity index (χ0v) is 18.1. The largest absolute Gasteiger partial charge is 0.493 e. The maximum absolute atomic E-state index is 13.4. The van der Waals surface area contributed by atoms with Gasteiger partial charge >= 0.3 is 6.18 Å². The van der Waals surface area contributed by atoms with E-state index in [0.717, 1.165) is 4.90 Å². The highest BCUT2D eigenvalue weighted by molar-refractivity contribution is 9.10. The van der Waals surface area contributed by atoms with Crippen molar-refractivity contribution in [1.82, 2.24) is 24.7 Å². The van der Waals surface area contributed by atoms with Crippen LogP contribution in [-0.4, -0.2) is 60.8 Å². The van der Waals surface area contributed by atoms with E-state index >= 15 is 0 Å². The molecule has 0 amide bonds. The molecule has 13 heteroatoms. The SMILES string of the molecule is CN(c1cc(Nc2ccnc(-c3cnn(C)c3O)n2)ncc1Br)C(CCO)C(F)(F)F. The third-order valence-corrected chi connectivity index (χ3v) is 5.13. The number of halogens is 4. The molecule has 0 aromatic carbocycles. The molecular weight excluding hydrogens is 483 g/mol. The summed E-state index contributed by atoms with van der Waals surface area (Å²) in [5.41, 5.74) is 0.555. The number of pyridine rings is 1. The Kier molecular flexibility index (Phi) is 6.65. The standard InChI is InChI=1S/C18H19BrF3N7O2/c1-28(13(4-6-30)18(20,21)22)12-7-15(24-9-11(12)19)26-14-3-5-23-16(27-14)10-8-25-29(2)17(10)31/h3,5,7-9,13,30-31H,4,6H2,1-2H3,(H,23,24,26,27). The second-order valence-corrected chi connectivity index (χ2v) is 7.45. The molecule has 3 rings (SSSR count). The van der Waals surface area contributed by atoms with Gasteiger partial charge in [0.05, 0.1) is 16.4 Å². The summed E-state index contributed by atoms with van der Waals surface area (Å²) in [5, 5.41) is 25.9. The molecule has 3 N–H and O–H groups in total. The summed E-state index contributed by atoms with van der Waals surface area (Å²) >= 11 is 3.23. The number of aliphatic hydroxyl groups excluding tert-OH is 1. The lowest BCUT2D eigenvalue weighted by atomic mass is 10.1. The van der Waals surface area contributed by atoms with Gasteiger partial charge in [0.15, 0.2) is 5.82 Å².